The monoisotopic (exact) mass is 424 g/mol. The number of aromatic amines is 1. The second-order valence-electron chi connectivity index (χ2n) is 7.31. The number of piperazine rings is 1. The molecule has 2 aliphatic heterocycles. The lowest BCUT2D eigenvalue weighted by atomic mass is 10.1. The molecule has 3 aromatic rings. The number of ether oxygens (including phenoxy) is 2. The van der Waals surface area contributed by atoms with E-state index < -0.39 is 0 Å². The molecule has 2 aromatic carbocycles. The molecule has 3 heterocycles. The molecule has 1 saturated heterocycles. The Balaban J connectivity index is 1.48. The Morgan fingerprint density at radius 3 is 2.70 bits per heavy atom. The zero-order valence-electron chi connectivity index (χ0n) is 16.1. The molecule has 2 N–H and O–H groups in total. The van der Waals surface area contributed by atoms with E-state index in [9.17, 15) is 9.59 Å². The van der Waals surface area contributed by atoms with E-state index in [4.69, 9.17) is 21.7 Å². The Morgan fingerprint density at radius 1 is 1.07 bits per heavy atom. The third-order valence-corrected chi connectivity index (χ3v) is 5.73. The molecule has 8 nitrogen and oxygen atoms in total. The summed E-state index contributed by atoms with van der Waals surface area (Å²) in [5.74, 6) is 1.31. The number of carbonyl (C=O) groups excluding carboxylic acids is 1. The number of nitrogens with one attached hydrogen (secondary N) is 2. The van der Waals surface area contributed by atoms with Gasteiger partial charge in [-0.15, -0.1) is 0 Å². The zero-order valence-corrected chi connectivity index (χ0v) is 17.0. The first-order valence-electron chi connectivity index (χ1n) is 9.75. The fraction of sp³-hybridized carbons (Fsp3) is 0.286. The SMILES string of the molecule is O=C(c1ccc2c(=O)n(Cc3ccc4c(c3)OCO4)c(=S)[nH]c2c1)N1CCNCC1. The Kier molecular flexibility index (Phi) is 4.76. The molecule has 0 saturated carbocycles. The molecular formula is C21H20N4O4S. The number of H-pyrrole nitrogens is 1. The fourth-order valence-electron chi connectivity index (χ4n) is 3.80. The Bertz CT molecular complexity index is 1260. The minimum absolute atomic E-state index is 0.0396. The summed E-state index contributed by atoms with van der Waals surface area (Å²) in [6, 6.07) is 10.7. The first-order valence-corrected chi connectivity index (χ1v) is 10.2. The predicted molar refractivity (Wildman–Crippen MR) is 114 cm³/mol. The van der Waals surface area contributed by atoms with Gasteiger partial charge in [0.15, 0.2) is 16.3 Å². The summed E-state index contributed by atoms with van der Waals surface area (Å²) >= 11 is 5.45. The molecule has 5 rings (SSSR count). The highest BCUT2D eigenvalue weighted by Gasteiger charge is 2.19. The number of rotatable bonds is 3. The van der Waals surface area contributed by atoms with Crippen LogP contribution in [0.2, 0.25) is 0 Å². The summed E-state index contributed by atoms with van der Waals surface area (Å²) in [4.78, 5) is 30.8. The second-order valence-corrected chi connectivity index (χ2v) is 7.70. The summed E-state index contributed by atoms with van der Waals surface area (Å²) in [6.07, 6.45) is 0. The molecule has 1 aromatic heterocycles. The van der Waals surface area contributed by atoms with E-state index in [2.05, 4.69) is 10.3 Å². The van der Waals surface area contributed by atoms with Crippen LogP contribution in [-0.2, 0) is 6.54 Å². The van der Waals surface area contributed by atoms with Crippen molar-refractivity contribution in [2.75, 3.05) is 33.0 Å². The van der Waals surface area contributed by atoms with Gasteiger partial charge in [-0.2, -0.15) is 0 Å². The van der Waals surface area contributed by atoms with Crippen molar-refractivity contribution in [3.05, 3.63) is 62.6 Å². The highest BCUT2D eigenvalue weighted by molar-refractivity contribution is 7.71. The summed E-state index contributed by atoms with van der Waals surface area (Å²) < 4.78 is 12.6. The molecule has 0 aliphatic carbocycles. The van der Waals surface area contributed by atoms with Gasteiger partial charge in [-0.3, -0.25) is 14.2 Å². The van der Waals surface area contributed by atoms with Crippen molar-refractivity contribution in [2.24, 2.45) is 0 Å². The van der Waals surface area contributed by atoms with Gasteiger partial charge in [0.2, 0.25) is 6.79 Å². The summed E-state index contributed by atoms with van der Waals surface area (Å²) in [6.45, 7) is 3.42. The van der Waals surface area contributed by atoms with Crippen molar-refractivity contribution in [3.63, 3.8) is 0 Å². The molecule has 0 unspecified atom stereocenters. The molecule has 1 fully saturated rings. The van der Waals surface area contributed by atoms with Gasteiger partial charge >= 0.3 is 0 Å². The average molecular weight is 424 g/mol. The largest absolute Gasteiger partial charge is 0.454 e. The average Bonchev–Trinajstić information content (AvgIpc) is 3.24. The van der Waals surface area contributed by atoms with Gasteiger partial charge in [-0.25, -0.2) is 0 Å². The van der Waals surface area contributed by atoms with Crippen molar-refractivity contribution in [3.8, 4) is 11.5 Å². The van der Waals surface area contributed by atoms with Crippen molar-refractivity contribution in [1.29, 1.82) is 0 Å². The minimum atomic E-state index is -0.201. The van der Waals surface area contributed by atoms with Crippen molar-refractivity contribution < 1.29 is 14.3 Å². The molecule has 154 valence electrons. The van der Waals surface area contributed by atoms with Crippen molar-refractivity contribution in [1.82, 2.24) is 19.8 Å². The smallest absolute Gasteiger partial charge is 0.262 e. The predicted octanol–water partition coefficient (Wildman–Crippen LogP) is 1.88. The van der Waals surface area contributed by atoms with E-state index >= 15 is 0 Å². The molecule has 0 atom stereocenters. The topological polar surface area (TPSA) is 88.6 Å². The lowest BCUT2D eigenvalue weighted by Crippen LogP contribution is -2.46. The Labute approximate surface area is 177 Å². The van der Waals surface area contributed by atoms with Crippen molar-refractivity contribution >= 4 is 29.0 Å². The maximum atomic E-state index is 13.1. The quantitative estimate of drug-likeness (QED) is 0.625. The number of hydrogen-bond donors (Lipinski definition) is 2. The van der Waals surface area contributed by atoms with Crippen LogP contribution < -0.4 is 20.3 Å². The Hall–Kier alpha value is -3.17. The van der Waals surface area contributed by atoms with E-state index in [1.165, 1.54) is 4.57 Å². The van der Waals surface area contributed by atoms with Gasteiger partial charge < -0.3 is 24.7 Å². The molecule has 0 spiro atoms. The fourth-order valence-corrected chi connectivity index (χ4v) is 4.06. The molecule has 0 radical (unpaired) electrons. The normalized spacial score (nSPS) is 15.5. The molecular weight excluding hydrogens is 404 g/mol. The maximum absolute atomic E-state index is 13.1. The standard InChI is InChI=1S/C21H20N4O4S/c26-19(24-7-5-22-6-8-24)14-2-3-15-16(10-14)23-21(30)25(20(15)27)11-13-1-4-17-18(9-13)29-12-28-17/h1-4,9-10,22H,5-8,11-12H2,(H,23,30). The number of fused-ring (bicyclic) bond motifs is 2. The van der Waals surface area contributed by atoms with E-state index in [0.717, 1.165) is 18.7 Å². The highest BCUT2D eigenvalue weighted by Crippen LogP contribution is 2.32. The Morgan fingerprint density at radius 2 is 1.87 bits per heavy atom. The van der Waals surface area contributed by atoms with Crippen LogP contribution in [-0.4, -0.2) is 53.3 Å². The highest BCUT2D eigenvalue weighted by atomic mass is 32.1. The zero-order chi connectivity index (χ0) is 20.7. The number of nitrogens with zero attached hydrogens (tertiary/aromatic N) is 2. The first kappa shape index (κ1) is 18.8. The van der Waals surface area contributed by atoms with Crippen LogP contribution in [0.15, 0.2) is 41.2 Å². The third kappa shape index (κ3) is 3.35. The number of hydrogen-bond acceptors (Lipinski definition) is 6. The van der Waals surface area contributed by atoms with E-state index in [0.29, 0.717) is 52.4 Å². The van der Waals surface area contributed by atoms with Crippen LogP contribution in [0, 0.1) is 4.77 Å². The lowest BCUT2D eigenvalue weighted by molar-refractivity contribution is 0.0736. The van der Waals surface area contributed by atoms with Crippen LogP contribution in [0.4, 0.5) is 0 Å². The maximum Gasteiger partial charge on any atom is 0.262 e. The van der Waals surface area contributed by atoms with Crippen LogP contribution in [0.1, 0.15) is 15.9 Å². The summed E-state index contributed by atoms with van der Waals surface area (Å²) in [7, 11) is 0. The van der Waals surface area contributed by atoms with Crippen molar-refractivity contribution in [2.45, 2.75) is 6.54 Å². The molecule has 0 bridgehead atoms. The van der Waals surface area contributed by atoms with E-state index in [-0.39, 0.29) is 18.3 Å². The number of amides is 1. The van der Waals surface area contributed by atoms with Crippen LogP contribution in [0.25, 0.3) is 10.9 Å². The third-order valence-electron chi connectivity index (χ3n) is 5.41. The van der Waals surface area contributed by atoms with Gasteiger partial charge in [0.05, 0.1) is 17.4 Å². The van der Waals surface area contributed by atoms with Crippen LogP contribution in [0.3, 0.4) is 0 Å². The van der Waals surface area contributed by atoms with Gasteiger partial charge in [0, 0.05) is 31.7 Å². The number of carbonyl (C=O) groups is 1. The molecule has 2 aliphatic rings. The van der Waals surface area contributed by atoms with Crippen LogP contribution in [0.5, 0.6) is 11.5 Å². The molecule has 9 heteroatoms. The van der Waals surface area contributed by atoms with Gasteiger partial charge in [0.25, 0.3) is 11.5 Å². The van der Waals surface area contributed by atoms with Crippen LogP contribution >= 0.6 is 12.2 Å². The molecule has 30 heavy (non-hydrogen) atoms. The summed E-state index contributed by atoms with van der Waals surface area (Å²) in [5.41, 5.74) is 1.79. The van der Waals surface area contributed by atoms with Gasteiger partial charge in [-0.05, 0) is 48.1 Å². The molecule has 1 amide bonds. The summed E-state index contributed by atoms with van der Waals surface area (Å²) in [5, 5.41) is 3.72. The van der Waals surface area contributed by atoms with Gasteiger partial charge in [0.1, 0.15) is 0 Å². The number of aromatic nitrogens is 2. The second kappa shape index (κ2) is 7.58. The number of benzene rings is 2. The lowest BCUT2D eigenvalue weighted by Gasteiger charge is -2.27. The van der Waals surface area contributed by atoms with E-state index in [1.54, 1.807) is 18.2 Å². The van der Waals surface area contributed by atoms with Gasteiger partial charge in [-0.1, -0.05) is 6.07 Å². The minimum Gasteiger partial charge on any atom is -0.454 e. The van der Waals surface area contributed by atoms with E-state index in [1.807, 2.05) is 23.1 Å². The first-order chi connectivity index (χ1) is 14.6.